The lowest BCUT2D eigenvalue weighted by atomic mass is 10.2. The number of nitrogens with zero attached hydrogens (tertiary/aromatic N) is 5. The van der Waals surface area contributed by atoms with E-state index in [4.69, 9.17) is 16.9 Å². The first kappa shape index (κ1) is 22.5. The van der Waals surface area contributed by atoms with Crippen LogP contribution in [-0.4, -0.2) is 30.9 Å². The number of nitrogens with one attached hydrogen (secondary N) is 1. The van der Waals surface area contributed by atoms with E-state index in [1.807, 2.05) is 53.1 Å². The number of benzene rings is 2. The minimum absolute atomic E-state index is 0.210. The average Bonchev–Trinajstić information content (AvgIpc) is 3.22. The molecule has 33 heavy (non-hydrogen) atoms. The zero-order chi connectivity index (χ0) is 23.2. The van der Waals surface area contributed by atoms with Gasteiger partial charge in [0.2, 0.25) is 5.91 Å². The second-order valence-corrected chi connectivity index (χ2v) is 8.89. The zero-order valence-electron chi connectivity index (χ0n) is 17.6. The van der Waals surface area contributed by atoms with Crippen LogP contribution in [0.2, 0.25) is 5.02 Å². The molecule has 0 saturated heterocycles. The molecule has 0 aliphatic carbocycles. The van der Waals surface area contributed by atoms with Gasteiger partial charge in [-0.25, -0.2) is 0 Å². The molecule has 4 rings (SSSR count). The molecule has 0 bridgehead atoms. The fraction of sp³-hybridized carbons (Fsp3) is 0.125. The van der Waals surface area contributed by atoms with Crippen LogP contribution in [0.25, 0.3) is 11.4 Å². The number of hydrogen-bond acceptors (Lipinski definition) is 6. The molecule has 0 fully saturated rings. The Hall–Kier alpha value is -3.67. The molecule has 0 radical (unpaired) electrons. The Morgan fingerprint density at radius 3 is 2.70 bits per heavy atom. The van der Waals surface area contributed by atoms with Crippen molar-refractivity contribution in [1.29, 1.82) is 5.26 Å². The highest BCUT2D eigenvalue weighted by Gasteiger charge is 2.21. The summed E-state index contributed by atoms with van der Waals surface area (Å²) in [6.45, 7) is 2.36. The average molecular weight is 475 g/mol. The van der Waals surface area contributed by atoms with E-state index in [-0.39, 0.29) is 5.91 Å². The van der Waals surface area contributed by atoms with Crippen LogP contribution in [0.4, 0.5) is 5.69 Å². The van der Waals surface area contributed by atoms with Crippen LogP contribution in [0.3, 0.4) is 0 Å². The highest BCUT2D eigenvalue weighted by atomic mass is 35.5. The summed E-state index contributed by atoms with van der Waals surface area (Å²) in [7, 11) is 0. The van der Waals surface area contributed by atoms with E-state index in [2.05, 4.69) is 20.5 Å². The smallest absolute Gasteiger partial charge is 0.237 e. The molecular weight excluding hydrogens is 456 g/mol. The maximum atomic E-state index is 12.8. The number of nitriles is 1. The minimum atomic E-state index is -0.458. The van der Waals surface area contributed by atoms with Gasteiger partial charge < -0.3 is 5.32 Å². The number of hydrogen-bond donors (Lipinski definition) is 1. The van der Waals surface area contributed by atoms with Crippen LogP contribution in [0.5, 0.6) is 0 Å². The third-order valence-electron chi connectivity index (χ3n) is 4.83. The predicted molar refractivity (Wildman–Crippen MR) is 129 cm³/mol. The fourth-order valence-corrected chi connectivity index (χ4v) is 4.20. The van der Waals surface area contributed by atoms with E-state index in [0.717, 1.165) is 11.1 Å². The molecule has 0 spiro atoms. The highest BCUT2D eigenvalue weighted by Crippen LogP contribution is 2.28. The second kappa shape index (κ2) is 10.3. The lowest BCUT2D eigenvalue weighted by molar-refractivity contribution is -0.115. The topological polar surface area (TPSA) is 96.5 Å². The van der Waals surface area contributed by atoms with Crippen molar-refractivity contribution >= 4 is 35.0 Å². The summed E-state index contributed by atoms with van der Waals surface area (Å²) in [6.07, 6.45) is 3.45. The molecule has 1 atom stereocenters. The number of aromatic nitrogens is 4. The van der Waals surface area contributed by atoms with Gasteiger partial charge in [0.1, 0.15) is 6.07 Å². The summed E-state index contributed by atoms with van der Waals surface area (Å²) in [4.78, 5) is 17.0. The number of carbonyl (C=O) groups excluding carboxylic acids is 1. The Morgan fingerprint density at radius 1 is 1.18 bits per heavy atom. The molecule has 0 aliphatic heterocycles. The number of carbonyl (C=O) groups is 1. The monoisotopic (exact) mass is 474 g/mol. The van der Waals surface area contributed by atoms with Crippen molar-refractivity contribution in [3.63, 3.8) is 0 Å². The Morgan fingerprint density at radius 2 is 2.00 bits per heavy atom. The Bertz CT molecular complexity index is 1300. The molecular formula is C24H19ClN6OS. The third-order valence-corrected chi connectivity index (χ3v) is 6.22. The van der Waals surface area contributed by atoms with Gasteiger partial charge in [-0.2, -0.15) is 5.26 Å². The van der Waals surface area contributed by atoms with E-state index in [1.165, 1.54) is 11.8 Å². The third kappa shape index (κ3) is 5.40. The maximum absolute atomic E-state index is 12.8. The van der Waals surface area contributed by atoms with Crippen molar-refractivity contribution in [2.75, 3.05) is 5.32 Å². The lowest BCUT2D eigenvalue weighted by Gasteiger charge is -2.14. The van der Waals surface area contributed by atoms with Gasteiger partial charge in [-0.15, -0.1) is 10.2 Å². The Balaban J connectivity index is 1.56. The van der Waals surface area contributed by atoms with Gasteiger partial charge in [0.25, 0.3) is 0 Å². The van der Waals surface area contributed by atoms with Crippen molar-refractivity contribution in [1.82, 2.24) is 19.7 Å². The lowest BCUT2D eigenvalue weighted by Crippen LogP contribution is -2.23. The summed E-state index contributed by atoms with van der Waals surface area (Å²) in [5.41, 5.74) is 2.82. The summed E-state index contributed by atoms with van der Waals surface area (Å²) < 4.78 is 1.99. The second-order valence-electron chi connectivity index (χ2n) is 7.18. The van der Waals surface area contributed by atoms with Crippen molar-refractivity contribution < 1.29 is 4.79 Å². The number of thioether (sulfide) groups is 1. The van der Waals surface area contributed by atoms with E-state index in [1.54, 1.807) is 37.5 Å². The number of pyridine rings is 1. The van der Waals surface area contributed by atoms with Crippen LogP contribution in [-0.2, 0) is 11.3 Å². The summed E-state index contributed by atoms with van der Waals surface area (Å²) in [6, 6.07) is 20.6. The van der Waals surface area contributed by atoms with Gasteiger partial charge in [-0.1, -0.05) is 53.7 Å². The molecule has 1 amide bonds. The zero-order valence-corrected chi connectivity index (χ0v) is 19.2. The molecule has 164 valence electrons. The first-order valence-corrected chi connectivity index (χ1v) is 11.4. The molecule has 4 aromatic rings. The van der Waals surface area contributed by atoms with Gasteiger partial charge >= 0.3 is 0 Å². The number of anilines is 1. The van der Waals surface area contributed by atoms with Crippen LogP contribution in [0.1, 0.15) is 18.1 Å². The van der Waals surface area contributed by atoms with Gasteiger partial charge in [0.05, 0.1) is 22.4 Å². The van der Waals surface area contributed by atoms with Crippen molar-refractivity contribution in [3.05, 3.63) is 89.2 Å². The molecule has 1 N–H and O–H groups in total. The molecule has 7 nitrogen and oxygen atoms in total. The molecule has 0 saturated carbocycles. The summed E-state index contributed by atoms with van der Waals surface area (Å²) >= 11 is 7.39. The molecule has 0 aliphatic rings. The first-order valence-electron chi connectivity index (χ1n) is 10.1. The molecule has 2 aromatic carbocycles. The van der Waals surface area contributed by atoms with Crippen molar-refractivity contribution in [2.45, 2.75) is 23.9 Å². The number of halogens is 1. The van der Waals surface area contributed by atoms with E-state index in [0.29, 0.717) is 33.8 Å². The largest absolute Gasteiger partial charge is 0.325 e. The van der Waals surface area contributed by atoms with Gasteiger partial charge in [-0.05, 0) is 42.8 Å². The van der Waals surface area contributed by atoms with Crippen molar-refractivity contribution in [2.24, 2.45) is 0 Å². The van der Waals surface area contributed by atoms with Crippen molar-refractivity contribution in [3.8, 4) is 17.5 Å². The van der Waals surface area contributed by atoms with E-state index >= 15 is 0 Å². The van der Waals surface area contributed by atoms with Crippen LogP contribution in [0, 0.1) is 11.3 Å². The SMILES string of the molecule is CC(Sc1nnc(-c2cccnc2)n1Cc1ccccc1)C(=O)Nc1ccc(C#N)c(Cl)c1. The Labute approximate surface area is 200 Å². The molecule has 1 unspecified atom stereocenters. The van der Waals surface area contributed by atoms with Gasteiger partial charge in [-0.3, -0.25) is 14.3 Å². The molecule has 2 heterocycles. The minimum Gasteiger partial charge on any atom is -0.325 e. The predicted octanol–water partition coefficient (Wildman–Crippen LogP) is 5.03. The van der Waals surface area contributed by atoms with Gasteiger partial charge in [0.15, 0.2) is 11.0 Å². The normalized spacial score (nSPS) is 11.5. The molecule has 2 aromatic heterocycles. The Kier molecular flexibility index (Phi) is 7.03. The standard InChI is InChI=1S/C24H19ClN6OS/c1-16(23(32)28-20-10-9-18(13-26)21(25)12-20)33-24-30-29-22(19-8-5-11-27-14-19)31(24)15-17-6-3-2-4-7-17/h2-12,14,16H,15H2,1H3,(H,28,32). The van der Waals surface area contributed by atoms with Crippen LogP contribution >= 0.6 is 23.4 Å². The molecule has 9 heteroatoms. The number of rotatable bonds is 7. The van der Waals surface area contributed by atoms with Crippen LogP contribution in [0.15, 0.2) is 78.2 Å². The van der Waals surface area contributed by atoms with Gasteiger partial charge in [0, 0.05) is 23.6 Å². The first-order chi connectivity index (χ1) is 16.0. The highest BCUT2D eigenvalue weighted by molar-refractivity contribution is 8.00. The number of amides is 1. The summed E-state index contributed by atoms with van der Waals surface area (Å²) in [5.74, 6) is 0.471. The summed E-state index contributed by atoms with van der Waals surface area (Å²) in [5, 5.41) is 21.1. The van der Waals surface area contributed by atoms with E-state index < -0.39 is 5.25 Å². The quantitative estimate of drug-likeness (QED) is 0.377. The fourth-order valence-electron chi connectivity index (χ4n) is 3.13. The van der Waals surface area contributed by atoms with Crippen LogP contribution < -0.4 is 5.32 Å². The maximum Gasteiger partial charge on any atom is 0.237 e. The van der Waals surface area contributed by atoms with E-state index in [9.17, 15) is 4.79 Å².